The molecule has 0 aromatic carbocycles. The summed E-state index contributed by atoms with van der Waals surface area (Å²) < 4.78 is 26.4. The van der Waals surface area contributed by atoms with Gasteiger partial charge in [0.15, 0.2) is 0 Å². The average molecular weight is 269 g/mol. The number of hydrogen-bond acceptors (Lipinski definition) is 4. The molecule has 0 bridgehead atoms. The molecule has 1 atom stereocenters. The molecule has 0 amide bonds. The van der Waals surface area contributed by atoms with Crippen LogP contribution in [0.3, 0.4) is 0 Å². The van der Waals surface area contributed by atoms with Crippen molar-refractivity contribution in [2.75, 3.05) is 18.8 Å². The van der Waals surface area contributed by atoms with Crippen molar-refractivity contribution in [3.8, 4) is 0 Å². The van der Waals surface area contributed by atoms with Crippen LogP contribution in [0.25, 0.3) is 0 Å². The summed E-state index contributed by atoms with van der Waals surface area (Å²) in [5, 5.41) is 0. The van der Waals surface area contributed by atoms with Crippen molar-refractivity contribution in [3.63, 3.8) is 0 Å². The molecule has 2 N–H and O–H groups in total. The molecule has 2 rings (SSSR count). The highest BCUT2D eigenvalue weighted by Gasteiger charge is 2.34. The van der Waals surface area contributed by atoms with Crippen LogP contribution in [0.4, 0.5) is 5.69 Å². The summed E-state index contributed by atoms with van der Waals surface area (Å²) in [4.78, 5) is 3.97. The minimum Gasteiger partial charge on any atom is -0.398 e. The predicted molar refractivity (Wildman–Crippen MR) is 70.4 cm³/mol. The summed E-state index contributed by atoms with van der Waals surface area (Å²) in [6, 6.07) is 1.52. The largest absolute Gasteiger partial charge is 0.398 e. The molecule has 0 spiro atoms. The zero-order chi connectivity index (χ0) is 13.3. The Morgan fingerprint density at radius 3 is 2.78 bits per heavy atom. The quantitative estimate of drug-likeness (QED) is 0.898. The highest BCUT2D eigenvalue weighted by molar-refractivity contribution is 7.89. The van der Waals surface area contributed by atoms with Gasteiger partial charge in [-0.2, -0.15) is 4.31 Å². The van der Waals surface area contributed by atoms with Gasteiger partial charge in [-0.1, -0.05) is 13.8 Å². The van der Waals surface area contributed by atoms with Crippen LogP contribution in [-0.4, -0.2) is 30.8 Å². The smallest absolute Gasteiger partial charge is 0.246 e. The fraction of sp³-hybridized carbons (Fsp3) is 0.583. The zero-order valence-corrected chi connectivity index (χ0v) is 11.5. The Morgan fingerprint density at radius 1 is 1.50 bits per heavy atom. The number of anilines is 1. The molecule has 1 aliphatic rings. The van der Waals surface area contributed by atoms with Crippen LogP contribution in [-0.2, 0) is 10.0 Å². The number of nitrogens with two attached hydrogens (primary N) is 1. The third-order valence-electron chi connectivity index (χ3n) is 3.56. The highest BCUT2D eigenvalue weighted by Crippen LogP contribution is 2.29. The van der Waals surface area contributed by atoms with Gasteiger partial charge in [0, 0.05) is 25.5 Å². The molecule has 0 radical (unpaired) electrons. The number of aromatic nitrogens is 1. The first-order valence-electron chi connectivity index (χ1n) is 6.12. The van der Waals surface area contributed by atoms with Crippen molar-refractivity contribution in [2.24, 2.45) is 11.8 Å². The molecule has 5 nitrogen and oxygen atoms in total. The molecule has 18 heavy (non-hydrogen) atoms. The maximum absolute atomic E-state index is 12.4. The van der Waals surface area contributed by atoms with Gasteiger partial charge in [-0.15, -0.1) is 0 Å². The third-order valence-corrected chi connectivity index (χ3v) is 5.47. The molecule has 6 heteroatoms. The first-order chi connectivity index (χ1) is 8.43. The van der Waals surface area contributed by atoms with Crippen molar-refractivity contribution < 1.29 is 8.42 Å². The van der Waals surface area contributed by atoms with Crippen molar-refractivity contribution in [1.82, 2.24) is 9.29 Å². The number of nitrogen functional groups attached to an aromatic ring is 1. The van der Waals surface area contributed by atoms with E-state index in [0.29, 0.717) is 24.9 Å². The summed E-state index contributed by atoms with van der Waals surface area (Å²) in [5.74, 6) is 0.925. The van der Waals surface area contributed by atoms with Gasteiger partial charge in [-0.3, -0.25) is 4.98 Å². The summed E-state index contributed by atoms with van der Waals surface area (Å²) >= 11 is 0. The van der Waals surface area contributed by atoms with E-state index >= 15 is 0 Å². The van der Waals surface area contributed by atoms with Crippen molar-refractivity contribution >= 4 is 15.7 Å². The monoisotopic (exact) mass is 269 g/mol. The molecular weight excluding hydrogens is 250 g/mol. The molecule has 1 aromatic rings. The number of pyridine rings is 1. The lowest BCUT2D eigenvalue weighted by atomic mass is 9.96. The summed E-state index contributed by atoms with van der Waals surface area (Å²) in [7, 11) is -3.49. The number of rotatable bonds is 3. The third kappa shape index (κ3) is 2.35. The molecule has 1 saturated heterocycles. The minimum atomic E-state index is -3.49. The van der Waals surface area contributed by atoms with Gasteiger partial charge < -0.3 is 5.73 Å². The van der Waals surface area contributed by atoms with E-state index in [4.69, 9.17) is 5.73 Å². The zero-order valence-electron chi connectivity index (χ0n) is 10.7. The van der Waals surface area contributed by atoms with Gasteiger partial charge in [-0.05, 0) is 24.3 Å². The summed E-state index contributed by atoms with van der Waals surface area (Å²) in [5.41, 5.74) is 5.98. The van der Waals surface area contributed by atoms with Gasteiger partial charge in [0.1, 0.15) is 4.90 Å². The highest BCUT2D eigenvalue weighted by atomic mass is 32.2. The Kier molecular flexibility index (Phi) is 3.59. The van der Waals surface area contributed by atoms with E-state index in [0.717, 1.165) is 6.42 Å². The van der Waals surface area contributed by atoms with Crippen LogP contribution in [0.5, 0.6) is 0 Å². The van der Waals surface area contributed by atoms with E-state index in [1.807, 2.05) is 0 Å². The van der Waals surface area contributed by atoms with Crippen LogP contribution in [0.1, 0.15) is 20.3 Å². The van der Waals surface area contributed by atoms with Crippen LogP contribution >= 0.6 is 0 Å². The second-order valence-electron chi connectivity index (χ2n) is 5.07. The molecule has 2 heterocycles. The molecule has 0 aliphatic carbocycles. The van der Waals surface area contributed by atoms with E-state index in [1.54, 1.807) is 0 Å². The number of hydrogen-bond donors (Lipinski definition) is 1. The van der Waals surface area contributed by atoms with E-state index in [-0.39, 0.29) is 10.6 Å². The van der Waals surface area contributed by atoms with Crippen LogP contribution in [0, 0.1) is 11.8 Å². The van der Waals surface area contributed by atoms with Gasteiger partial charge in [0.25, 0.3) is 0 Å². The topological polar surface area (TPSA) is 76.3 Å². The Balaban J connectivity index is 2.26. The molecule has 1 aromatic heterocycles. The first kappa shape index (κ1) is 13.3. The second-order valence-corrected chi connectivity index (χ2v) is 6.98. The maximum Gasteiger partial charge on any atom is 0.246 e. The Morgan fingerprint density at radius 2 is 2.22 bits per heavy atom. The average Bonchev–Trinajstić information content (AvgIpc) is 2.79. The Bertz CT molecular complexity index is 528. The van der Waals surface area contributed by atoms with E-state index < -0.39 is 10.0 Å². The molecular formula is C12H19N3O2S. The lowest BCUT2D eigenvalue weighted by molar-refractivity contribution is 0.388. The lowest BCUT2D eigenvalue weighted by Crippen LogP contribution is -2.30. The van der Waals surface area contributed by atoms with E-state index in [9.17, 15) is 8.42 Å². The molecule has 1 unspecified atom stereocenters. The molecule has 100 valence electrons. The Hall–Kier alpha value is -1.14. The van der Waals surface area contributed by atoms with Crippen LogP contribution in [0.15, 0.2) is 23.4 Å². The minimum absolute atomic E-state index is 0.120. The second kappa shape index (κ2) is 4.85. The van der Waals surface area contributed by atoms with Crippen molar-refractivity contribution in [3.05, 3.63) is 18.5 Å². The standard InChI is InChI=1S/C12H19N3O2S/c1-9(2)10-4-6-15(8-10)18(16,17)12-7-14-5-3-11(12)13/h3,5,7,9-10H,4,6,8H2,1-2H3,(H2,13,14). The number of nitrogens with zero attached hydrogens (tertiary/aromatic N) is 2. The fourth-order valence-electron chi connectivity index (χ4n) is 2.26. The fourth-order valence-corrected chi connectivity index (χ4v) is 3.83. The molecule has 1 aliphatic heterocycles. The summed E-state index contributed by atoms with van der Waals surface area (Å²) in [6.45, 7) is 5.40. The van der Waals surface area contributed by atoms with Gasteiger partial charge in [-0.25, -0.2) is 8.42 Å². The van der Waals surface area contributed by atoms with Crippen LogP contribution in [0.2, 0.25) is 0 Å². The molecule has 1 fully saturated rings. The SMILES string of the molecule is CC(C)C1CCN(S(=O)(=O)c2cnccc2N)C1. The lowest BCUT2D eigenvalue weighted by Gasteiger charge is -2.18. The van der Waals surface area contributed by atoms with Gasteiger partial charge in [0.05, 0.1) is 5.69 Å². The van der Waals surface area contributed by atoms with Crippen molar-refractivity contribution in [2.45, 2.75) is 25.2 Å². The predicted octanol–water partition coefficient (Wildman–Crippen LogP) is 1.33. The van der Waals surface area contributed by atoms with Gasteiger partial charge in [0.2, 0.25) is 10.0 Å². The Labute approximate surface area is 108 Å². The number of sulfonamides is 1. The maximum atomic E-state index is 12.4. The normalized spacial score (nSPS) is 21.6. The van der Waals surface area contributed by atoms with E-state index in [2.05, 4.69) is 18.8 Å². The van der Waals surface area contributed by atoms with E-state index in [1.165, 1.54) is 22.8 Å². The first-order valence-corrected chi connectivity index (χ1v) is 7.56. The van der Waals surface area contributed by atoms with Gasteiger partial charge >= 0.3 is 0 Å². The molecule has 0 saturated carbocycles. The van der Waals surface area contributed by atoms with Crippen molar-refractivity contribution in [1.29, 1.82) is 0 Å². The summed E-state index contributed by atoms with van der Waals surface area (Å²) in [6.07, 6.45) is 3.74. The van der Waals surface area contributed by atoms with Crippen LogP contribution < -0.4 is 5.73 Å².